The van der Waals surface area contributed by atoms with Gasteiger partial charge in [-0.3, -0.25) is 14.7 Å². The Bertz CT molecular complexity index is 1220. The second-order valence-electron chi connectivity index (χ2n) is 7.43. The molecule has 5 rings (SSSR count). The maximum Gasteiger partial charge on any atom is 0.241 e. The molecule has 9 heteroatoms. The zero-order chi connectivity index (χ0) is 20.0. The number of fused-ring (bicyclic) bond motifs is 2. The van der Waals surface area contributed by atoms with E-state index in [0.29, 0.717) is 25.3 Å². The smallest absolute Gasteiger partial charge is 0.241 e. The average molecular weight is 411 g/mol. The topological polar surface area (TPSA) is 98.5 Å². The largest absolute Gasteiger partial charge is 0.473 e. The van der Waals surface area contributed by atoms with Gasteiger partial charge >= 0.3 is 0 Å². The highest BCUT2D eigenvalue weighted by Gasteiger charge is 2.26. The summed E-state index contributed by atoms with van der Waals surface area (Å²) >= 11 is 0. The van der Waals surface area contributed by atoms with Crippen molar-refractivity contribution >= 4 is 32.3 Å². The second-order valence-corrected chi connectivity index (χ2v) is 9.73. The molecule has 0 aliphatic carbocycles. The molecule has 0 unspecified atom stereocenters. The second kappa shape index (κ2) is 6.84. The van der Waals surface area contributed by atoms with Gasteiger partial charge in [0.1, 0.15) is 11.8 Å². The van der Waals surface area contributed by atoms with Crippen LogP contribution >= 0.6 is 0 Å². The van der Waals surface area contributed by atoms with Crippen LogP contribution in [0.15, 0.2) is 41.5 Å². The predicted octanol–water partition coefficient (Wildman–Crippen LogP) is 2.30. The highest BCUT2D eigenvalue weighted by atomic mass is 32.2. The zero-order valence-electron chi connectivity index (χ0n) is 16.0. The highest BCUT2D eigenvalue weighted by molar-refractivity contribution is 7.91. The maximum absolute atomic E-state index is 11.6. The molecule has 2 aliphatic heterocycles. The molecule has 2 aliphatic rings. The first kappa shape index (κ1) is 18.1. The number of rotatable bonds is 3. The van der Waals surface area contributed by atoms with E-state index in [-0.39, 0.29) is 17.6 Å². The van der Waals surface area contributed by atoms with Crippen LogP contribution in [0.1, 0.15) is 24.1 Å². The molecule has 1 N–H and O–H groups in total. The predicted molar refractivity (Wildman–Crippen MR) is 111 cm³/mol. The minimum atomic E-state index is -2.91. The first-order valence-corrected chi connectivity index (χ1v) is 11.4. The monoisotopic (exact) mass is 411 g/mol. The number of nitrogens with one attached hydrogen (secondary N) is 1. The van der Waals surface area contributed by atoms with E-state index in [1.807, 2.05) is 37.4 Å². The summed E-state index contributed by atoms with van der Waals surface area (Å²) in [4.78, 5) is 8.96. The number of benzene rings is 1. The molecule has 8 nitrogen and oxygen atoms in total. The average Bonchev–Trinajstić information content (AvgIpc) is 3.25. The third-order valence-electron chi connectivity index (χ3n) is 5.38. The number of aliphatic imine (C=N–C) groups is 1. The van der Waals surface area contributed by atoms with Crippen LogP contribution in [-0.4, -0.2) is 46.6 Å². The lowest BCUT2D eigenvalue weighted by atomic mass is 10.2. The van der Waals surface area contributed by atoms with Crippen molar-refractivity contribution < 1.29 is 13.2 Å². The molecule has 0 spiro atoms. The number of aryl methyl sites for hydroxylation is 1. The number of pyridine rings is 1. The van der Waals surface area contributed by atoms with E-state index in [4.69, 9.17) is 4.74 Å². The van der Waals surface area contributed by atoms with Crippen LogP contribution in [0.3, 0.4) is 0 Å². The van der Waals surface area contributed by atoms with Gasteiger partial charge in [-0.2, -0.15) is 0 Å². The van der Waals surface area contributed by atoms with Crippen molar-refractivity contribution in [2.75, 3.05) is 16.8 Å². The standard InChI is InChI=1S/C20H21N5O3S/c1-25-17-11-14(23-19-18-13(12-22-19)3-2-8-21-18)4-5-16(17)20(24-25)28-15-6-9-29(26,27)10-7-15/h2-5,8,11,15H,6-7,9-10,12H2,1H3,(H,22,23). The Labute approximate surface area is 168 Å². The summed E-state index contributed by atoms with van der Waals surface area (Å²) in [6, 6.07) is 9.89. The van der Waals surface area contributed by atoms with Crippen LogP contribution in [0, 0.1) is 0 Å². The number of anilines is 1. The molecule has 150 valence electrons. The van der Waals surface area contributed by atoms with Gasteiger partial charge in [-0.05, 0) is 37.1 Å². The Hall–Kier alpha value is -2.94. The summed E-state index contributed by atoms with van der Waals surface area (Å²) in [5.41, 5.74) is 3.82. The summed E-state index contributed by atoms with van der Waals surface area (Å²) < 4.78 is 31.1. The number of aromatic nitrogens is 3. The summed E-state index contributed by atoms with van der Waals surface area (Å²) in [6.07, 6.45) is 2.66. The van der Waals surface area contributed by atoms with Crippen molar-refractivity contribution in [3.63, 3.8) is 0 Å². The van der Waals surface area contributed by atoms with Gasteiger partial charge in [-0.25, -0.2) is 8.42 Å². The van der Waals surface area contributed by atoms with Crippen molar-refractivity contribution in [3.8, 4) is 5.88 Å². The lowest BCUT2D eigenvalue weighted by Gasteiger charge is -2.22. The Morgan fingerprint density at radius 1 is 1.21 bits per heavy atom. The summed E-state index contributed by atoms with van der Waals surface area (Å²) in [6.45, 7) is 0.633. The lowest BCUT2D eigenvalue weighted by Crippen LogP contribution is -2.30. The first-order valence-electron chi connectivity index (χ1n) is 9.58. The normalized spacial score (nSPS) is 18.4. The van der Waals surface area contributed by atoms with Gasteiger partial charge in [-0.1, -0.05) is 6.07 Å². The molecule has 0 amide bonds. The van der Waals surface area contributed by atoms with E-state index in [1.54, 1.807) is 10.9 Å². The molecule has 0 radical (unpaired) electrons. The number of amidine groups is 1. The van der Waals surface area contributed by atoms with Gasteiger partial charge in [-0.15, -0.1) is 5.10 Å². The fourth-order valence-corrected chi connectivity index (χ4v) is 5.24. The van der Waals surface area contributed by atoms with Crippen molar-refractivity contribution in [2.24, 2.45) is 12.0 Å². The fourth-order valence-electron chi connectivity index (χ4n) is 3.79. The van der Waals surface area contributed by atoms with Gasteiger partial charge < -0.3 is 10.1 Å². The van der Waals surface area contributed by atoms with E-state index in [9.17, 15) is 8.42 Å². The van der Waals surface area contributed by atoms with E-state index < -0.39 is 9.84 Å². The fraction of sp³-hybridized carbons (Fsp3) is 0.350. The molecule has 1 fully saturated rings. The number of hydrogen-bond donors (Lipinski definition) is 1. The van der Waals surface area contributed by atoms with Crippen LogP contribution in [0.5, 0.6) is 5.88 Å². The van der Waals surface area contributed by atoms with Crippen molar-refractivity contribution in [3.05, 3.63) is 47.8 Å². The van der Waals surface area contributed by atoms with Crippen LogP contribution in [0.25, 0.3) is 10.9 Å². The number of sulfone groups is 1. The van der Waals surface area contributed by atoms with E-state index in [2.05, 4.69) is 20.4 Å². The molecule has 0 bridgehead atoms. The molecule has 29 heavy (non-hydrogen) atoms. The SMILES string of the molecule is Cn1nc(OC2CCS(=O)(=O)CC2)c2ccc(NC3=NCc4cccnc43)cc21. The molecule has 0 atom stereocenters. The Morgan fingerprint density at radius 2 is 2.03 bits per heavy atom. The molecule has 1 saturated heterocycles. The minimum Gasteiger partial charge on any atom is -0.473 e. The van der Waals surface area contributed by atoms with Crippen molar-refractivity contribution in [1.29, 1.82) is 0 Å². The van der Waals surface area contributed by atoms with E-state index in [0.717, 1.165) is 33.7 Å². The van der Waals surface area contributed by atoms with E-state index in [1.165, 1.54) is 0 Å². The number of ether oxygens (including phenoxy) is 1. The van der Waals surface area contributed by atoms with Gasteiger partial charge in [0.25, 0.3) is 0 Å². The molecular formula is C20H21N5O3S. The zero-order valence-corrected chi connectivity index (χ0v) is 16.8. The summed E-state index contributed by atoms with van der Waals surface area (Å²) in [5.74, 6) is 1.66. The number of nitrogens with zero attached hydrogens (tertiary/aromatic N) is 4. The van der Waals surface area contributed by atoms with Crippen LogP contribution in [0.2, 0.25) is 0 Å². The van der Waals surface area contributed by atoms with Gasteiger partial charge in [0.2, 0.25) is 5.88 Å². The summed E-state index contributed by atoms with van der Waals surface area (Å²) in [5, 5.41) is 8.76. The Morgan fingerprint density at radius 3 is 2.86 bits per heavy atom. The lowest BCUT2D eigenvalue weighted by molar-refractivity contribution is 0.183. The van der Waals surface area contributed by atoms with Crippen LogP contribution in [-0.2, 0) is 23.4 Å². The van der Waals surface area contributed by atoms with Crippen LogP contribution in [0.4, 0.5) is 5.69 Å². The van der Waals surface area contributed by atoms with Gasteiger partial charge in [0.05, 0.1) is 29.0 Å². The quantitative estimate of drug-likeness (QED) is 0.710. The Balaban J connectivity index is 1.37. The molecule has 0 saturated carbocycles. The third kappa shape index (κ3) is 3.46. The number of hydrogen-bond acceptors (Lipinski definition) is 7. The maximum atomic E-state index is 11.6. The third-order valence-corrected chi connectivity index (χ3v) is 7.10. The minimum absolute atomic E-state index is 0.121. The first-order chi connectivity index (χ1) is 14.0. The van der Waals surface area contributed by atoms with Gasteiger partial charge in [0, 0.05) is 24.5 Å². The molecule has 3 aromatic rings. The van der Waals surface area contributed by atoms with Crippen molar-refractivity contribution in [2.45, 2.75) is 25.5 Å². The van der Waals surface area contributed by atoms with Crippen molar-refractivity contribution in [1.82, 2.24) is 14.8 Å². The molecule has 2 aromatic heterocycles. The molecule has 4 heterocycles. The van der Waals surface area contributed by atoms with Gasteiger partial charge in [0.15, 0.2) is 15.7 Å². The summed E-state index contributed by atoms with van der Waals surface area (Å²) in [7, 11) is -1.04. The molecule has 1 aromatic carbocycles. The van der Waals surface area contributed by atoms with E-state index >= 15 is 0 Å². The van der Waals surface area contributed by atoms with Crippen LogP contribution < -0.4 is 10.1 Å². The highest BCUT2D eigenvalue weighted by Crippen LogP contribution is 2.30. The molecular weight excluding hydrogens is 390 g/mol. The Kier molecular flexibility index (Phi) is 4.27.